The first-order valence-electron chi connectivity index (χ1n) is 9.83. The number of primary amides is 1. The molecule has 9 nitrogen and oxygen atoms in total. The highest BCUT2D eigenvalue weighted by molar-refractivity contribution is 6.04. The number of nitrogens with one attached hydrogen (secondary N) is 2. The number of amides is 2. The fraction of sp³-hybridized carbons (Fsp3) is 0.286. The van der Waals surface area contributed by atoms with Crippen molar-refractivity contribution in [3.8, 4) is 0 Å². The number of rotatable bonds is 5. The van der Waals surface area contributed by atoms with Crippen molar-refractivity contribution < 1.29 is 9.59 Å². The maximum absolute atomic E-state index is 12.5. The van der Waals surface area contributed by atoms with E-state index < -0.39 is 5.91 Å². The number of hydrogen-bond acceptors (Lipinski definition) is 5. The van der Waals surface area contributed by atoms with Crippen LogP contribution in [0, 0.1) is 0 Å². The van der Waals surface area contributed by atoms with Gasteiger partial charge in [-0.15, -0.1) is 0 Å². The van der Waals surface area contributed by atoms with E-state index in [4.69, 9.17) is 11.5 Å². The second-order valence-corrected chi connectivity index (χ2v) is 7.54. The second kappa shape index (κ2) is 8.03. The van der Waals surface area contributed by atoms with E-state index in [1.54, 1.807) is 12.1 Å². The molecule has 1 aliphatic rings. The van der Waals surface area contributed by atoms with Gasteiger partial charge in [-0.3, -0.25) is 19.1 Å². The number of nitrogens with zero attached hydrogens (tertiary/aromatic N) is 2. The molecule has 6 N–H and O–H groups in total. The first-order chi connectivity index (χ1) is 14.4. The van der Waals surface area contributed by atoms with Crippen LogP contribution in [-0.4, -0.2) is 45.9 Å². The van der Waals surface area contributed by atoms with Crippen LogP contribution in [0.1, 0.15) is 29.2 Å². The van der Waals surface area contributed by atoms with E-state index in [0.29, 0.717) is 24.5 Å². The van der Waals surface area contributed by atoms with E-state index in [1.165, 1.54) is 6.07 Å². The Hall–Kier alpha value is -3.59. The second-order valence-electron chi connectivity index (χ2n) is 7.54. The monoisotopic (exact) mass is 408 g/mol. The molecule has 1 saturated heterocycles. The molecule has 2 aromatic carbocycles. The molecule has 0 aliphatic carbocycles. The number of H-pyrrole nitrogens is 1. The van der Waals surface area contributed by atoms with Gasteiger partial charge in [-0.05, 0) is 43.2 Å². The number of carbonyl (C=O) groups is 2. The summed E-state index contributed by atoms with van der Waals surface area (Å²) in [5.41, 5.74) is 13.6. The summed E-state index contributed by atoms with van der Waals surface area (Å²) in [6.45, 7) is 1.57. The topological polar surface area (TPSA) is 139 Å². The van der Waals surface area contributed by atoms with Crippen molar-refractivity contribution >= 4 is 34.2 Å². The Kier molecular flexibility index (Phi) is 5.28. The number of nitrogens with two attached hydrogens (primary N) is 2. The molecule has 3 aromatic rings. The van der Waals surface area contributed by atoms with E-state index in [-0.39, 0.29) is 29.7 Å². The summed E-state index contributed by atoms with van der Waals surface area (Å²) < 4.78 is 1.82. The first kappa shape index (κ1) is 19.7. The molecule has 0 unspecified atom stereocenters. The lowest BCUT2D eigenvalue weighted by Crippen LogP contribution is -2.41. The third-order valence-corrected chi connectivity index (χ3v) is 5.50. The van der Waals surface area contributed by atoms with Gasteiger partial charge in [0.1, 0.15) is 0 Å². The summed E-state index contributed by atoms with van der Waals surface area (Å²) in [6.07, 6.45) is 1.53. The zero-order valence-corrected chi connectivity index (χ0v) is 16.4. The number of piperidine rings is 1. The maximum Gasteiger partial charge on any atom is 0.326 e. The van der Waals surface area contributed by atoms with Gasteiger partial charge in [0.2, 0.25) is 5.91 Å². The molecule has 1 aliphatic heterocycles. The molecule has 4 rings (SSSR count). The van der Waals surface area contributed by atoms with Crippen molar-refractivity contribution in [2.75, 3.05) is 30.7 Å². The minimum Gasteiger partial charge on any atom is -0.399 e. The standard InChI is InChI=1S/C21H24N6O3/c22-13-5-6-16(15(11-13)20(23)29)24-19(28)12-26-9-7-14(8-10-26)27-18-4-2-1-3-17(18)25-21(27)30/h1-6,11,14H,7-10,12,22H2,(H2,23,29)(H,24,28)(H,25,30). The van der Waals surface area contributed by atoms with Crippen molar-refractivity contribution in [2.24, 2.45) is 5.73 Å². The van der Waals surface area contributed by atoms with Crippen molar-refractivity contribution in [3.05, 3.63) is 58.5 Å². The molecule has 2 heterocycles. The average Bonchev–Trinajstić information content (AvgIpc) is 3.05. The van der Waals surface area contributed by atoms with Crippen LogP contribution in [0.5, 0.6) is 0 Å². The summed E-state index contributed by atoms with van der Waals surface area (Å²) in [5, 5.41) is 2.74. The average molecular weight is 408 g/mol. The van der Waals surface area contributed by atoms with Crippen molar-refractivity contribution in [1.82, 2.24) is 14.5 Å². The quantitative estimate of drug-likeness (QED) is 0.471. The molecular weight excluding hydrogens is 384 g/mol. The molecule has 2 amide bonds. The Morgan fingerprint density at radius 1 is 1.13 bits per heavy atom. The molecular formula is C21H24N6O3. The number of imidazole rings is 1. The number of benzene rings is 2. The molecule has 9 heteroatoms. The predicted octanol–water partition coefficient (Wildman–Crippen LogP) is 1.29. The molecule has 0 atom stereocenters. The number of fused-ring (bicyclic) bond motifs is 1. The third kappa shape index (κ3) is 3.92. The Morgan fingerprint density at radius 2 is 1.87 bits per heavy atom. The highest BCUT2D eigenvalue weighted by Crippen LogP contribution is 2.25. The molecule has 1 aromatic heterocycles. The van der Waals surface area contributed by atoms with E-state index in [9.17, 15) is 14.4 Å². The van der Waals surface area contributed by atoms with Crippen LogP contribution in [-0.2, 0) is 4.79 Å². The highest BCUT2D eigenvalue weighted by atomic mass is 16.2. The predicted molar refractivity (Wildman–Crippen MR) is 115 cm³/mol. The van der Waals surface area contributed by atoms with Crippen LogP contribution < -0.4 is 22.5 Å². The molecule has 0 radical (unpaired) electrons. The zero-order valence-electron chi connectivity index (χ0n) is 16.4. The molecule has 0 spiro atoms. The number of para-hydroxylation sites is 2. The Labute approximate surface area is 172 Å². The lowest BCUT2D eigenvalue weighted by atomic mass is 10.0. The number of anilines is 2. The summed E-state index contributed by atoms with van der Waals surface area (Å²) in [6, 6.07) is 12.4. The number of hydrogen-bond donors (Lipinski definition) is 4. The SMILES string of the molecule is NC(=O)c1cc(N)ccc1NC(=O)CN1CCC(n2c(=O)[nH]c3ccccc32)CC1. The van der Waals surface area contributed by atoms with Gasteiger partial charge in [0.15, 0.2) is 0 Å². The number of carbonyl (C=O) groups excluding carboxylic acids is 2. The summed E-state index contributed by atoms with van der Waals surface area (Å²) in [7, 11) is 0. The highest BCUT2D eigenvalue weighted by Gasteiger charge is 2.25. The van der Waals surface area contributed by atoms with Crippen molar-refractivity contribution in [3.63, 3.8) is 0 Å². The largest absolute Gasteiger partial charge is 0.399 e. The van der Waals surface area contributed by atoms with Crippen molar-refractivity contribution in [1.29, 1.82) is 0 Å². The van der Waals surface area contributed by atoms with Gasteiger partial charge in [-0.2, -0.15) is 0 Å². The van der Waals surface area contributed by atoms with Gasteiger partial charge in [0.25, 0.3) is 5.91 Å². The van der Waals surface area contributed by atoms with Crippen LogP contribution >= 0.6 is 0 Å². The molecule has 0 saturated carbocycles. The van der Waals surface area contributed by atoms with E-state index >= 15 is 0 Å². The maximum atomic E-state index is 12.5. The first-order valence-corrected chi connectivity index (χ1v) is 9.83. The van der Waals surface area contributed by atoms with Crippen LogP contribution in [0.3, 0.4) is 0 Å². The van der Waals surface area contributed by atoms with Crippen molar-refractivity contribution in [2.45, 2.75) is 18.9 Å². The number of aromatic nitrogens is 2. The fourth-order valence-electron chi connectivity index (χ4n) is 4.04. The van der Waals surface area contributed by atoms with Gasteiger partial charge in [-0.25, -0.2) is 4.79 Å². The van der Waals surface area contributed by atoms with Crippen LogP contribution in [0.2, 0.25) is 0 Å². The van der Waals surface area contributed by atoms with E-state index in [2.05, 4.69) is 10.3 Å². The smallest absolute Gasteiger partial charge is 0.326 e. The molecule has 156 valence electrons. The lowest BCUT2D eigenvalue weighted by Gasteiger charge is -2.32. The molecule has 30 heavy (non-hydrogen) atoms. The summed E-state index contributed by atoms with van der Waals surface area (Å²) >= 11 is 0. The molecule has 0 bridgehead atoms. The number of nitrogen functional groups attached to an aromatic ring is 1. The number of aromatic amines is 1. The lowest BCUT2D eigenvalue weighted by molar-refractivity contribution is -0.117. The number of likely N-dealkylation sites (tertiary alicyclic amines) is 1. The third-order valence-electron chi connectivity index (χ3n) is 5.50. The minimum absolute atomic E-state index is 0.0894. The van der Waals surface area contributed by atoms with Crippen LogP contribution in [0.15, 0.2) is 47.3 Å². The minimum atomic E-state index is -0.650. The van der Waals surface area contributed by atoms with E-state index in [1.807, 2.05) is 33.7 Å². The van der Waals surface area contributed by atoms with Gasteiger partial charge in [0.05, 0.1) is 28.8 Å². The zero-order chi connectivity index (χ0) is 21.3. The summed E-state index contributed by atoms with van der Waals surface area (Å²) in [5.74, 6) is -0.882. The molecule has 1 fully saturated rings. The fourth-order valence-corrected chi connectivity index (χ4v) is 4.04. The van der Waals surface area contributed by atoms with Crippen LogP contribution in [0.4, 0.5) is 11.4 Å². The van der Waals surface area contributed by atoms with Gasteiger partial charge < -0.3 is 21.8 Å². The Bertz CT molecular complexity index is 1160. The Balaban J connectivity index is 1.38. The normalized spacial score (nSPS) is 15.3. The van der Waals surface area contributed by atoms with E-state index in [0.717, 1.165) is 23.9 Å². The Morgan fingerprint density at radius 3 is 2.60 bits per heavy atom. The summed E-state index contributed by atoms with van der Waals surface area (Å²) in [4.78, 5) is 41.4. The van der Waals surface area contributed by atoms with Crippen LogP contribution in [0.25, 0.3) is 11.0 Å². The van der Waals surface area contributed by atoms with Gasteiger partial charge >= 0.3 is 5.69 Å². The van der Waals surface area contributed by atoms with Gasteiger partial charge in [0, 0.05) is 24.8 Å². The van der Waals surface area contributed by atoms with Gasteiger partial charge in [-0.1, -0.05) is 12.1 Å².